The molecule has 0 saturated carbocycles. The van der Waals surface area contributed by atoms with E-state index in [0.717, 1.165) is 12.1 Å². The number of aromatic nitrogens is 2. The van der Waals surface area contributed by atoms with Gasteiger partial charge in [0.25, 0.3) is 5.91 Å². The molecule has 1 aliphatic rings. The van der Waals surface area contributed by atoms with E-state index in [0.29, 0.717) is 11.4 Å². The Balaban J connectivity index is 1.62. The molecule has 6 nitrogen and oxygen atoms in total. The molecule has 2 heterocycles. The minimum atomic E-state index is -4.47. The predicted molar refractivity (Wildman–Crippen MR) is 92.5 cm³/mol. The molecular weight excluding hydrogens is 375 g/mol. The molecule has 9 heteroatoms. The van der Waals surface area contributed by atoms with Gasteiger partial charge in [0.05, 0.1) is 11.3 Å². The van der Waals surface area contributed by atoms with Gasteiger partial charge < -0.3 is 9.26 Å². The Morgan fingerprint density at radius 1 is 1.14 bits per heavy atom. The van der Waals surface area contributed by atoms with Crippen LogP contribution in [0.3, 0.4) is 0 Å². The third-order valence-corrected chi connectivity index (χ3v) is 4.28. The Morgan fingerprint density at radius 3 is 2.71 bits per heavy atom. The van der Waals surface area contributed by atoms with Crippen molar-refractivity contribution < 1.29 is 27.2 Å². The average Bonchev–Trinajstić information content (AvgIpc) is 3.13. The lowest BCUT2D eigenvalue weighted by atomic mass is 10.1. The summed E-state index contributed by atoms with van der Waals surface area (Å²) in [4.78, 5) is 18.1. The van der Waals surface area contributed by atoms with E-state index in [1.807, 2.05) is 0 Å². The Bertz CT molecular complexity index is 1030. The van der Waals surface area contributed by atoms with Gasteiger partial charge in [-0.2, -0.15) is 18.2 Å². The Kier molecular flexibility index (Phi) is 4.29. The van der Waals surface area contributed by atoms with Crippen LogP contribution in [0.25, 0.3) is 11.4 Å². The normalized spacial score (nSPS) is 16.6. The van der Waals surface area contributed by atoms with E-state index in [2.05, 4.69) is 10.1 Å². The number of nitrogens with zero attached hydrogens (tertiary/aromatic N) is 3. The van der Waals surface area contributed by atoms with Crippen molar-refractivity contribution in [2.45, 2.75) is 25.7 Å². The molecule has 0 unspecified atom stereocenters. The summed E-state index contributed by atoms with van der Waals surface area (Å²) in [5.74, 6) is 0.387. The van der Waals surface area contributed by atoms with E-state index >= 15 is 0 Å². The maximum atomic E-state index is 12.9. The summed E-state index contributed by atoms with van der Waals surface area (Å²) in [5.41, 5.74) is -0.0706. The number of carbonyl (C=O) groups is 1. The van der Waals surface area contributed by atoms with Crippen LogP contribution < -0.4 is 9.64 Å². The standard InChI is InChI=1S/C19H14F3N3O3/c1-11-18(26)25(14-7-2-3-8-15(14)27-11)10-16-23-17(24-28-16)12-5-4-6-13(9-12)19(20,21)22/h2-9,11H,10H2,1H3/t11-/m0/s1. The van der Waals surface area contributed by atoms with Crippen LogP contribution in [0.5, 0.6) is 5.75 Å². The molecule has 1 atom stereocenters. The second-order valence-electron chi connectivity index (χ2n) is 6.24. The van der Waals surface area contributed by atoms with Crippen molar-refractivity contribution in [3.05, 3.63) is 60.0 Å². The van der Waals surface area contributed by atoms with Gasteiger partial charge in [0.1, 0.15) is 12.3 Å². The first kappa shape index (κ1) is 18.0. The number of fused-ring (bicyclic) bond motifs is 1. The molecule has 0 radical (unpaired) electrons. The topological polar surface area (TPSA) is 68.5 Å². The second-order valence-corrected chi connectivity index (χ2v) is 6.24. The highest BCUT2D eigenvalue weighted by Crippen LogP contribution is 2.35. The van der Waals surface area contributed by atoms with Crippen LogP contribution >= 0.6 is 0 Å². The van der Waals surface area contributed by atoms with Crippen LogP contribution in [0.15, 0.2) is 53.1 Å². The molecule has 0 N–H and O–H groups in total. The van der Waals surface area contributed by atoms with Crippen LogP contribution in [-0.2, 0) is 17.5 Å². The quantitative estimate of drug-likeness (QED) is 0.676. The fraction of sp³-hybridized carbons (Fsp3) is 0.211. The van der Waals surface area contributed by atoms with Gasteiger partial charge in [0.2, 0.25) is 11.7 Å². The fourth-order valence-electron chi connectivity index (χ4n) is 2.93. The van der Waals surface area contributed by atoms with E-state index in [1.54, 1.807) is 31.2 Å². The van der Waals surface area contributed by atoms with Crippen LogP contribution in [0.2, 0.25) is 0 Å². The molecule has 3 aromatic rings. The van der Waals surface area contributed by atoms with Crippen molar-refractivity contribution in [3.63, 3.8) is 0 Å². The summed E-state index contributed by atoms with van der Waals surface area (Å²) >= 11 is 0. The number of halogens is 3. The number of hydrogen-bond donors (Lipinski definition) is 0. The average molecular weight is 389 g/mol. The van der Waals surface area contributed by atoms with Gasteiger partial charge in [-0.05, 0) is 31.2 Å². The monoisotopic (exact) mass is 389 g/mol. The van der Waals surface area contributed by atoms with Gasteiger partial charge in [-0.3, -0.25) is 9.69 Å². The number of rotatable bonds is 3. The highest BCUT2D eigenvalue weighted by Gasteiger charge is 2.33. The van der Waals surface area contributed by atoms with E-state index < -0.39 is 17.8 Å². The van der Waals surface area contributed by atoms with Crippen molar-refractivity contribution in [2.24, 2.45) is 0 Å². The summed E-state index contributed by atoms with van der Waals surface area (Å²) in [7, 11) is 0. The minimum Gasteiger partial charge on any atom is -0.479 e. The number of amides is 1. The molecule has 0 bridgehead atoms. The molecule has 1 aliphatic heterocycles. The molecule has 4 rings (SSSR count). The maximum absolute atomic E-state index is 12.9. The van der Waals surface area contributed by atoms with Gasteiger partial charge in [0, 0.05) is 5.56 Å². The van der Waals surface area contributed by atoms with Crippen molar-refractivity contribution in [2.75, 3.05) is 4.90 Å². The second kappa shape index (κ2) is 6.66. The van der Waals surface area contributed by atoms with Gasteiger partial charge in [-0.15, -0.1) is 0 Å². The number of benzene rings is 2. The first-order chi connectivity index (χ1) is 13.3. The molecule has 0 spiro atoms. The van der Waals surface area contributed by atoms with Crippen LogP contribution in [0.4, 0.5) is 18.9 Å². The summed E-state index contributed by atoms with van der Waals surface area (Å²) in [6, 6.07) is 11.7. The van der Waals surface area contributed by atoms with Gasteiger partial charge in [-0.25, -0.2) is 0 Å². The molecule has 1 amide bonds. The lowest BCUT2D eigenvalue weighted by Gasteiger charge is -2.31. The first-order valence-electron chi connectivity index (χ1n) is 8.40. The molecular formula is C19H14F3N3O3. The summed E-state index contributed by atoms with van der Waals surface area (Å²) in [6.45, 7) is 1.61. The highest BCUT2D eigenvalue weighted by molar-refractivity contribution is 5.99. The first-order valence-corrected chi connectivity index (χ1v) is 8.40. The molecule has 1 aromatic heterocycles. The number of hydrogen-bond acceptors (Lipinski definition) is 5. The lowest BCUT2D eigenvalue weighted by Crippen LogP contribution is -2.44. The molecule has 2 aromatic carbocycles. The van der Waals surface area contributed by atoms with Crippen molar-refractivity contribution in [1.82, 2.24) is 10.1 Å². The van der Waals surface area contributed by atoms with E-state index in [-0.39, 0.29) is 29.7 Å². The summed E-state index contributed by atoms with van der Waals surface area (Å²) in [6.07, 6.45) is -5.15. The van der Waals surface area contributed by atoms with Gasteiger partial charge in [-0.1, -0.05) is 29.4 Å². The number of carbonyl (C=O) groups excluding carboxylic acids is 1. The van der Waals surface area contributed by atoms with Gasteiger partial charge >= 0.3 is 6.18 Å². The molecule has 0 fully saturated rings. The summed E-state index contributed by atoms with van der Waals surface area (Å²) < 4.78 is 49.4. The van der Waals surface area contributed by atoms with E-state index in [1.165, 1.54) is 17.0 Å². The molecule has 144 valence electrons. The minimum absolute atomic E-state index is 0.0168. The van der Waals surface area contributed by atoms with Crippen LogP contribution in [0, 0.1) is 0 Å². The summed E-state index contributed by atoms with van der Waals surface area (Å²) in [5, 5.41) is 3.75. The van der Waals surface area contributed by atoms with Crippen LogP contribution in [-0.4, -0.2) is 22.2 Å². The predicted octanol–water partition coefficient (Wildman–Crippen LogP) is 4.07. The van der Waals surface area contributed by atoms with Gasteiger partial charge in [0.15, 0.2) is 6.10 Å². The lowest BCUT2D eigenvalue weighted by molar-refractivity contribution is -0.137. The molecule has 28 heavy (non-hydrogen) atoms. The van der Waals surface area contributed by atoms with Crippen molar-refractivity contribution in [3.8, 4) is 17.1 Å². The van der Waals surface area contributed by atoms with E-state index in [9.17, 15) is 18.0 Å². The van der Waals surface area contributed by atoms with Crippen LogP contribution in [0.1, 0.15) is 18.4 Å². The number of anilines is 1. The smallest absolute Gasteiger partial charge is 0.416 e. The number of ether oxygens (including phenoxy) is 1. The zero-order valence-electron chi connectivity index (χ0n) is 14.6. The zero-order valence-corrected chi connectivity index (χ0v) is 14.6. The maximum Gasteiger partial charge on any atom is 0.416 e. The third-order valence-electron chi connectivity index (χ3n) is 4.28. The van der Waals surface area contributed by atoms with Crippen molar-refractivity contribution >= 4 is 11.6 Å². The third kappa shape index (κ3) is 3.30. The fourth-order valence-corrected chi connectivity index (χ4v) is 2.93. The Morgan fingerprint density at radius 2 is 1.93 bits per heavy atom. The Hall–Kier alpha value is -3.36. The van der Waals surface area contributed by atoms with E-state index in [4.69, 9.17) is 9.26 Å². The molecule has 0 saturated heterocycles. The Labute approximate surface area is 157 Å². The SMILES string of the molecule is C[C@@H]1Oc2ccccc2N(Cc2nc(-c3cccc(C(F)(F)F)c3)no2)C1=O. The number of alkyl halides is 3. The number of para-hydroxylation sites is 2. The highest BCUT2D eigenvalue weighted by atomic mass is 19.4. The zero-order chi connectivity index (χ0) is 19.9. The molecule has 0 aliphatic carbocycles. The van der Waals surface area contributed by atoms with Crippen molar-refractivity contribution in [1.29, 1.82) is 0 Å². The largest absolute Gasteiger partial charge is 0.479 e.